The number of likely N-dealkylation sites (tertiary alicyclic amines) is 2. The van der Waals surface area contributed by atoms with Crippen LogP contribution >= 0.6 is 0 Å². The number of nitrogens with one attached hydrogen (secondary N) is 1. The molecule has 0 aromatic heterocycles. The summed E-state index contributed by atoms with van der Waals surface area (Å²) in [6.07, 6.45) is 1.05. The zero-order valence-electron chi connectivity index (χ0n) is 10.9. The lowest BCUT2D eigenvalue weighted by molar-refractivity contribution is -0.136. The van der Waals surface area contributed by atoms with Crippen LogP contribution in [0.1, 0.15) is 13.3 Å². The number of carbonyl (C=O) groups excluding carboxylic acids is 1. The highest BCUT2D eigenvalue weighted by Gasteiger charge is 2.45. The Kier molecular flexibility index (Phi) is 2.87. The molecule has 0 aromatic carbocycles. The minimum Gasteiger partial charge on any atom is -0.339 e. The van der Waals surface area contributed by atoms with E-state index in [4.69, 9.17) is 0 Å². The molecule has 3 rings (SSSR count). The molecule has 4 atom stereocenters. The maximum Gasteiger partial charge on any atom is 0.227 e. The lowest BCUT2D eigenvalue weighted by Gasteiger charge is -2.27. The summed E-state index contributed by atoms with van der Waals surface area (Å²) in [5, 5.41) is 3.44. The number of carbonyl (C=O) groups is 1. The lowest BCUT2D eigenvalue weighted by Crippen LogP contribution is -2.42. The maximum atomic E-state index is 12.5. The van der Waals surface area contributed by atoms with Crippen LogP contribution in [0.3, 0.4) is 0 Å². The highest BCUT2D eigenvalue weighted by molar-refractivity contribution is 5.80. The average molecular weight is 237 g/mol. The van der Waals surface area contributed by atoms with Gasteiger partial charge in [0, 0.05) is 32.2 Å². The second kappa shape index (κ2) is 4.25. The summed E-state index contributed by atoms with van der Waals surface area (Å²) in [5.41, 5.74) is 0. The number of amides is 1. The van der Waals surface area contributed by atoms with Crippen molar-refractivity contribution in [2.45, 2.75) is 19.4 Å². The van der Waals surface area contributed by atoms with Gasteiger partial charge >= 0.3 is 0 Å². The third kappa shape index (κ3) is 1.87. The van der Waals surface area contributed by atoms with Crippen molar-refractivity contribution in [2.24, 2.45) is 17.8 Å². The highest BCUT2D eigenvalue weighted by atomic mass is 16.2. The van der Waals surface area contributed by atoms with Crippen LogP contribution in [0.25, 0.3) is 0 Å². The molecule has 0 bridgehead atoms. The average Bonchev–Trinajstić information content (AvgIpc) is 2.96. The second-order valence-corrected chi connectivity index (χ2v) is 6.06. The first kappa shape index (κ1) is 11.5. The molecule has 3 aliphatic rings. The molecule has 3 fully saturated rings. The lowest BCUT2D eigenvalue weighted by atomic mass is 9.95. The summed E-state index contributed by atoms with van der Waals surface area (Å²) in [4.78, 5) is 16.9. The van der Waals surface area contributed by atoms with Crippen LogP contribution in [0.5, 0.6) is 0 Å². The molecule has 17 heavy (non-hydrogen) atoms. The Morgan fingerprint density at radius 2 is 2.12 bits per heavy atom. The summed E-state index contributed by atoms with van der Waals surface area (Å²) < 4.78 is 0. The largest absolute Gasteiger partial charge is 0.339 e. The molecule has 3 saturated heterocycles. The van der Waals surface area contributed by atoms with E-state index in [-0.39, 0.29) is 5.92 Å². The first-order valence-corrected chi connectivity index (χ1v) is 6.86. The van der Waals surface area contributed by atoms with Crippen LogP contribution in [0.4, 0.5) is 0 Å². The summed E-state index contributed by atoms with van der Waals surface area (Å²) in [6, 6.07) is 0.438. The Morgan fingerprint density at radius 1 is 1.29 bits per heavy atom. The van der Waals surface area contributed by atoms with Gasteiger partial charge in [0.15, 0.2) is 0 Å². The molecule has 4 unspecified atom stereocenters. The minimum absolute atomic E-state index is 0.259. The zero-order valence-corrected chi connectivity index (χ0v) is 10.9. The normalized spacial score (nSPS) is 42.1. The number of hydrogen-bond acceptors (Lipinski definition) is 3. The predicted molar refractivity (Wildman–Crippen MR) is 66.6 cm³/mol. The van der Waals surface area contributed by atoms with E-state index < -0.39 is 0 Å². The highest BCUT2D eigenvalue weighted by Crippen LogP contribution is 2.34. The molecule has 96 valence electrons. The van der Waals surface area contributed by atoms with Crippen LogP contribution in [0.15, 0.2) is 0 Å². The molecule has 3 heterocycles. The van der Waals surface area contributed by atoms with E-state index in [1.165, 1.54) is 0 Å². The van der Waals surface area contributed by atoms with Crippen LogP contribution in [0, 0.1) is 17.8 Å². The number of fused-ring (bicyclic) bond motifs is 1. The van der Waals surface area contributed by atoms with Crippen LogP contribution in [-0.2, 0) is 4.79 Å². The molecule has 3 aliphatic heterocycles. The van der Waals surface area contributed by atoms with Gasteiger partial charge < -0.3 is 15.1 Å². The first-order chi connectivity index (χ1) is 8.16. The van der Waals surface area contributed by atoms with Gasteiger partial charge in [0.2, 0.25) is 5.91 Å². The van der Waals surface area contributed by atoms with Gasteiger partial charge in [-0.2, -0.15) is 0 Å². The van der Waals surface area contributed by atoms with Gasteiger partial charge in [-0.1, -0.05) is 0 Å². The standard InChI is InChI=1S/C13H23N3O/c1-9-12-6-14-5-11(12)8-16(9)13(17)10-3-4-15(2)7-10/h9-12,14H,3-8H2,1-2H3. The zero-order chi connectivity index (χ0) is 12.0. The molecule has 0 radical (unpaired) electrons. The second-order valence-electron chi connectivity index (χ2n) is 6.06. The fourth-order valence-corrected chi connectivity index (χ4v) is 3.83. The van der Waals surface area contributed by atoms with E-state index in [0.29, 0.717) is 23.8 Å². The van der Waals surface area contributed by atoms with Crippen molar-refractivity contribution in [2.75, 3.05) is 39.8 Å². The monoisotopic (exact) mass is 237 g/mol. The predicted octanol–water partition coefficient (Wildman–Crippen LogP) is 0.00440. The molecule has 4 heteroatoms. The number of rotatable bonds is 1. The van der Waals surface area contributed by atoms with E-state index in [1.807, 2.05) is 0 Å². The van der Waals surface area contributed by atoms with Crippen molar-refractivity contribution in [1.82, 2.24) is 15.1 Å². The SMILES string of the molecule is CC1C2CNCC2CN1C(=O)C1CCN(C)C1. The van der Waals surface area contributed by atoms with Gasteiger partial charge in [-0.15, -0.1) is 0 Å². The first-order valence-electron chi connectivity index (χ1n) is 6.86. The smallest absolute Gasteiger partial charge is 0.227 e. The van der Waals surface area contributed by atoms with Gasteiger partial charge in [0.05, 0.1) is 5.92 Å². The van der Waals surface area contributed by atoms with Gasteiger partial charge in [0.25, 0.3) is 0 Å². The van der Waals surface area contributed by atoms with Crippen molar-refractivity contribution in [1.29, 1.82) is 0 Å². The van der Waals surface area contributed by atoms with Crippen LogP contribution in [0.2, 0.25) is 0 Å². The molecule has 0 aromatic rings. The van der Waals surface area contributed by atoms with E-state index >= 15 is 0 Å². The van der Waals surface area contributed by atoms with Crippen molar-refractivity contribution >= 4 is 5.91 Å². The van der Waals surface area contributed by atoms with Crippen LogP contribution in [-0.4, -0.2) is 61.5 Å². The fraction of sp³-hybridized carbons (Fsp3) is 0.923. The Balaban J connectivity index is 1.67. The van der Waals surface area contributed by atoms with Gasteiger partial charge in [-0.3, -0.25) is 4.79 Å². The summed E-state index contributed by atoms with van der Waals surface area (Å²) >= 11 is 0. The Labute approximate surface area is 103 Å². The fourth-order valence-electron chi connectivity index (χ4n) is 3.83. The van der Waals surface area contributed by atoms with Gasteiger partial charge in [-0.05, 0) is 38.8 Å². The number of hydrogen-bond donors (Lipinski definition) is 1. The molecule has 1 amide bonds. The maximum absolute atomic E-state index is 12.5. The Morgan fingerprint density at radius 3 is 2.76 bits per heavy atom. The summed E-state index contributed by atoms with van der Waals surface area (Å²) in [5.74, 6) is 2.07. The van der Waals surface area contributed by atoms with E-state index in [2.05, 4.69) is 29.1 Å². The van der Waals surface area contributed by atoms with Crippen molar-refractivity contribution < 1.29 is 4.79 Å². The van der Waals surface area contributed by atoms with Gasteiger partial charge in [-0.25, -0.2) is 0 Å². The topological polar surface area (TPSA) is 35.6 Å². The summed E-state index contributed by atoms with van der Waals surface area (Å²) in [7, 11) is 2.11. The van der Waals surface area contributed by atoms with E-state index in [1.54, 1.807) is 0 Å². The molecule has 0 saturated carbocycles. The number of nitrogens with zero attached hydrogens (tertiary/aromatic N) is 2. The minimum atomic E-state index is 0.259. The molecule has 4 nitrogen and oxygen atoms in total. The van der Waals surface area contributed by atoms with Crippen LogP contribution < -0.4 is 5.32 Å². The molecular weight excluding hydrogens is 214 g/mol. The third-order valence-electron chi connectivity index (χ3n) is 4.96. The van der Waals surface area contributed by atoms with Crippen molar-refractivity contribution in [3.63, 3.8) is 0 Å². The summed E-state index contributed by atoms with van der Waals surface area (Å²) in [6.45, 7) is 7.44. The van der Waals surface area contributed by atoms with E-state index in [0.717, 1.165) is 39.1 Å². The molecule has 1 N–H and O–H groups in total. The van der Waals surface area contributed by atoms with Crippen molar-refractivity contribution in [3.8, 4) is 0 Å². The van der Waals surface area contributed by atoms with Crippen molar-refractivity contribution in [3.05, 3.63) is 0 Å². The van der Waals surface area contributed by atoms with E-state index in [9.17, 15) is 4.79 Å². The molecule has 0 aliphatic carbocycles. The molecular formula is C13H23N3O. The molecule has 0 spiro atoms. The third-order valence-corrected chi connectivity index (χ3v) is 4.96. The Hall–Kier alpha value is -0.610. The Bertz CT molecular complexity index is 320. The van der Waals surface area contributed by atoms with Gasteiger partial charge in [0.1, 0.15) is 0 Å². The quantitative estimate of drug-likeness (QED) is 0.697.